The Hall–Kier alpha value is -0.0800. The lowest BCUT2D eigenvalue weighted by Crippen LogP contribution is -2.29. The Balaban J connectivity index is 2.31. The molecule has 1 nitrogen and oxygen atoms in total. The number of hydrogen-bond donors (Lipinski definition) is 0. The van der Waals surface area contributed by atoms with Gasteiger partial charge in [-0.3, -0.25) is 0 Å². The van der Waals surface area contributed by atoms with Crippen LogP contribution in [-0.2, 0) is 0 Å². The summed E-state index contributed by atoms with van der Waals surface area (Å²) in [5.41, 5.74) is 0.875. The van der Waals surface area contributed by atoms with E-state index in [1.165, 1.54) is 12.6 Å². The summed E-state index contributed by atoms with van der Waals surface area (Å²) in [6, 6.07) is 2.47. The maximum absolute atomic E-state index is 8.88. The summed E-state index contributed by atoms with van der Waals surface area (Å²) < 4.78 is 0. The Morgan fingerprint density at radius 3 is 2.36 bits per heavy atom. The quantitative estimate of drug-likeness (QED) is 0.508. The minimum Gasteiger partial charge on any atom is -0.198 e. The zero-order chi connectivity index (χ0) is 8.28. The normalized spacial score (nSPS) is 51.5. The van der Waals surface area contributed by atoms with Gasteiger partial charge in [-0.05, 0) is 18.0 Å². The lowest BCUT2D eigenvalue weighted by molar-refractivity contribution is 0.302. The van der Waals surface area contributed by atoms with Gasteiger partial charge in [0.05, 0.1) is 11.7 Å². The fourth-order valence-corrected chi connectivity index (χ4v) is 6.54. The standard InChI is InChI=1S/C9H14NP/c1-8(2)4-5-11-7(6-10)9(8,11)3/h7H,4-5H2,1-3H3. The van der Waals surface area contributed by atoms with Gasteiger partial charge in [0.25, 0.3) is 0 Å². The second-order valence-electron chi connectivity index (χ2n) is 4.51. The first-order valence-corrected chi connectivity index (χ1v) is 5.80. The van der Waals surface area contributed by atoms with Crippen molar-refractivity contribution in [1.82, 2.24) is 0 Å². The van der Waals surface area contributed by atoms with E-state index >= 15 is 0 Å². The fraction of sp³-hybridized carbons (Fsp3) is 0.889. The average Bonchev–Trinajstić information content (AvgIpc) is 2.45. The molecule has 0 spiro atoms. The smallest absolute Gasteiger partial charge is 0.0764 e. The molecule has 0 radical (unpaired) electrons. The van der Waals surface area contributed by atoms with Gasteiger partial charge >= 0.3 is 0 Å². The molecule has 2 rings (SSSR count). The molecule has 0 aliphatic carbocycles. The maximum atomic E-state index is 8.88. The summed E-state index contributed by atoms with van der Waals surface area (Å²) in [4.78, 5) is 0. The van der Waals surface area contributed by atoms with E-state index in [1.54, 1.807) is 0 Å². The second kappa shape index (κ2) is 1.80. The molecule has 2 heterocycles. The van der Waals surface area contributed by atoms with Gasteiger partial charge in [0.15, 0.2) is 0 Å². The summed E-state index contributed by atoms with van der Waals surface area (Å²) in [5.74, 6) is 0. The Bertz CT molecular complexity index is 240. The van der Waals surface area contributed by atoms with Crippen LogP contribution in [0.1, 0.15) is 27.2 Å². The molecule has 0 aromatic rings. The predicted octanol–water partition coefficient (Wildman–Crippen LogP) is 2.56. The Kier molecular flexibility index (Phi) is 1.24. The van der Waals surface area contributed by atoms with Gasteiger partial charge in [-0.1, -0.05) is 28.7 Å². The SMILES string of the molecule is CC1(C)CCP2C(C#N)C21C. The molecule has 0 amide bonds. The maximum Gasteiger partial charge on any atom is 0.0764 e. The molecule has 0 saturated carbocycles. The minimum atomic E-state index is 0.107. The van der Waals surface area contributed by atoms with Crippen molar-refractivity contribution in [1.29, 1.82) is 5.26 Å². The molecule has 2 fully saturated rings. The Morgan fingerprint density at radius 2 is 2.09 bits per heavy atom. The molecule has 0 aromatic carbocycles. The van der Waals surface area contributed by atoms with Crippen molar-refractivity contribution in [2.24, 2.45) is 5.41 Å². The summed E-state index contributed by atoms with van der Waals surface area (Å²) in [6.07, 6.45) is 2.68. The number of fused-ring (bicyclic) bond motifs is 1. The van der Waals surface area contributed by atoms with Crippen molar-refractivity contribution in [3.63, 3.8) is 0 Å². The first kappa shape index (κ1) is 7.56. The van der Waals surface area contributed by atoms with Crippen molar-refractivity contribution in [2.45, 2.75) is 38.0 Å². The van der Waals surface area contributed by atoms with Crippen LogP contribution in [0.4, 0.5) is 0 Å². The van der Waals surface area contributed by atoms with Gasteiger partial charge < -0.3 is 0 Å². The molecule has 11 heavy (non-hydrogen) atoms. The van der Waals surface area contributed by atoms with Crippen molar-refractivity contribution >= 4 is 7.92 Å². The largest absolute Gasteiger partial charge is 0.198 e. The third-order valence-corrected chi connectivity index (χ3v) is 7.58. The fourth-order valence-electron chi connectivity index (χ4n) is 2.42. The van der Waals surface area contributed by atoms with E-state index < -0.39 is 0 Å². The Labute approximate surface area is 69.5 Å². The van der Waals surface area contributed by atoms with Crippen molar-refractivity contribution in [2.75, 3.05) is 6.16 Å². The van der Waals surface area contributed by atoms with Crippen molar-refractivity contribution < 1.29 is 0 Å². The molecule has 3 unspecified atom stereocenters. The number of nitrogens with zero attached hydrogens (tertiary/aromatic N) is 1. The van der Waals surface area contributed by atoms with Gasteiger partial charge in [0.1, 0.15) is 0 Å². The summed E-state index contributed by atoms with van der Waals surface area (Å²) in [5, 5.41) is 9.30. The van der Waals surface area contributed by atoms with Gasteiger partial charge in [-0.25, -0.2) is 0 Å². The van der Waals surface area contributed by atoms with E-state index in [4.69, 9.17) is 5.26 Å². The van der Waals surface area contributed by atoms with Crippen LogP contribution < -0.4 is 0 Å². The highest BCUT2D eigenvalue weighted by atomic mass is 31.1. The van der Waals surface area contributed by atoms with Gasteiger partial charge in [0.2, 0.25) is 0 Å². The highest BCUT2D eigenvalue weighted by molar-refractivity contribution is 7.69. The Morgan fingerprint density at radius 1 is 1.45 bits per heavy atom. The second-order valence-corrected chi connectivity index (χ2v) is 7.34. The molecule has 60 valence electrons. The lowest BCUT2D eigenvalue weighted by Gasteiger charge is -2.27. The van der Waals surface area contributed by atoms with E-state index in [1.807, 2.05) is 0 Å². The number of rotatable bonds is 0. The molecule has 0 bridgehead atoms. The first-order chi connectivity index (χ1) is 5.04. The van der Waals surface area contributed by atoms with Crippen molar-refractivity contribution in [3.8, 4) is 6.07 Å². The predicted molar refractivity (Wildman–Crippen MR) is 48.0 cm³/mol. The molecule has 2 saturated heterocycles. The highest BCUT2D eigenvalue weighted by Gasteiger charge is 2.71. The summed E-state index contributed by atoms with van der Waals surface area (Å²) in [6.45, 7) is 6.97. The lowest BCUT2D eigenvalue weighted by atomic mass is 9.76. The van der Waals surface area contributed by atoms with E-state index in [2.05, 4.69) is 26.8 Å². The summed E-state index contributed by atoms with van der Waals surface area (Å²) >= 11 is 0. The molecule has 0 aromatic heterocycles. The minimum absolute atomic E-state index is 0.107. The van der Waals surface area contributed by atoms with E-state index in [0.29, 0.717) is 16.2 Å². The van der Waals surface area contributed by atoms with Gasteiger partial charge in [-0.2, -0.15) is 5.26 Å². The van der Waals surface area contributed by atoms with Crippen molar-refractivity contribution in [3.05, 3.63) is 0 Å². The summed E-state index contributed by atoms with van der Waals surface area (Å²) in [7, 11) is 0.107. The molecular formula is C9H14NP. The van der Waals surface area contributed by atoms with Gasteiger partial charge in [-0.15, -0.1) is 0 Å². The molecule has 2 aliphatic rings. The third-order valence-electron chi connectivity index (χ3n) is 3.84. The van der Waals surface area contributed by atoms with Crippen LogP contribution in [0.5, 0.6) is 0 Å². The van der Waals surface area contributed by atoms with Crippen LogP contribution >= 0.6 is 7.92 Å². The number of nitriles is 1. The molecule has 2 heteroatoms. The van der Waals surface area contributed by atoms with E-state index in [9.17, 15) is 0 Å². The molecular weight excluding hydrogens is 153 g/mol. The van der Waals surface area contributed by atoms with Gasteiger partial charge in [0, 0.05) is 5.16 Å². The monoisotopic (exact) mass is 167 g/mol. The molecule has 0 N–H and O–H groups in total. The zero-order valence-electron chi connectivity index (χ0n) is 7.39. The van der Waals surface area contributed by atoms with Crippen LogP contribution in [0.25, 0.3) is 0 Å². The van der Waals surface area contributed by atoms with Crippen LogP contribution in [0, 0.1) is 16.7 Å². The van der Waals surface area contributed by atoms with Crippen LogP contribution in [0.2, 0.25) is 0 Å². The third kappa shape index (κ3) is 0.651. The van der Waals surface area contributed by atoms with Crippen LogP contribution in [-0.4, -0.2) is 17.0 Å². The average molecular weight is 167 g/mol. The van der Waals surface area contributed by atoms with Crippen LogP contribution in [0.3, 0.4) is 0 Å². The topological polar surface area (TPSA) is 23.8 Å². The molecule has 3 atom stereocenters. The van der Waals surface area contributed by atoms with E-state index in [-0.39, 0.29) is 7.92 Å². The van der Waals surface area contributed by atoms with Crippen LogP contribution in [0.15, 0.2) is 0 Å². The number of hydrogen-bond acceptors (Lipinski definition) is 1. The van der Waals surface area contributed by atoms with E-state index in [0.717, 1.165) is 0 Å². The molecule has 2 aliphatic heterocycles. The first-order valence-electron chi connectivity index (χ1n) is 4.20. The highest BCUT2D eigenvalue weighted by Crippen LogP contribution is 2.85. The zero-order valence-corrected chi connectivity index (χ0v) is 8.28.